The number of hydrogen-bond donors (Lipinski definition) is 1. The summed E-state index contributed by atoms with van der Waals surface area (Å²) >= 11 is 0. The van der Waals surface area contributed by atoms with Gasteiger partial charge in [0.15, 0.2) is 0 Å². The maximum Gasteiger partial charge on any atom is 0.138 e. The molecule has 1 saturated heterocycles. The summed E-state index contributed by atoms with van der Waals surface area (Å²) in [6.45, 7) is 5.14. The van der Waals surface area contributed by atoms with Crippen LogP contribution in [0.25, 0.3) is 0 Å². The first-order valence-corrected chi connectivity index (χ1v) is 5.06. The number of ether oxygens (including phenoxy) is 1. The van der Waals surface area contributed by atoms with Gasteiger partial charge in [-0.25, -0.2) is 0 Å². The summed E-state index contributed by atoms with van der Waals surface area (Å²) in [6, 6.07) is 2.59. The highest BCUT2D eigenvalue weighted by Crippen LogP contribution is 2.16. The normalized spacial score (nSPS) is 26.4. The molecule has 3 heteroatoms. The number of aryl methyl sites for hydroxylation is 1. The molecule has 0 radical (unpaired) electrons. The van der Waals surface area contributed by atoms with Gasteiger partial charge in [0.25, 0.3) is 0 Å². The van der Waals surface area contributed by atoms with Crippen molar-refractivity contribution in [3.63, 3.8) is 0 Å². The van der Waals surface area contributed by atoms with E-state index in [0.29, 0.717) is 12.1 Å². The Morgan fingerprint density at radius 2 is 2.36 bits per heavy atom. The van der Waals surface area contributed by atoms with Crippen molar-refractivity contribution in [3.8, 4) is 5.75 Å². The van der Waals surface area contributed by atoms with Crippen LogP contribution in [-0.4, -0.2) is 23.7 Å². The molecule has 1 aromatic heterocycles. The predicted molar refractivity (Wildman–Crippen MR) is 55.5 cm³/mol. The number of nitrogens with zero attached hydrogens (tertiary/aromatic N) is 1. The van der Waals surface area contributed by atoms with Crippen LogP contribution in [0.1, 0.15) is 18.9 Å². The lowest BCUT2D eigenvalue weighted by atomic mass is 10.2. The van der Waals surface area contributed by atoms with Gasteiger partial charge in [-0.2, -0.15) is 0 Å². The third kappa shape index (κ3) is 2.23. The van der Waals surface area contributed by atoms with E-state index in [1.165, 1.54) is 0 Å². The van der Waals surface area contributed by atoms with Gasteiger partial charge < -0.3 is 10.1 Å². The smallest absolute Gasteiger partial charge is 0.138 e. The van der Waals surface area contributed by atoms with Crippen molar-refractivity contribution in [3.05, 3.63) is 24.0 Å². The molecule has 1 aliphatic rings. The van der Waals surface area contributed by atoms with Crippen molar-refractivity contribution in [1.82, 2.24) is 10.3 Å². The van der Waals surface area contributed by atoms with Crippen LogP contribution in [0.15, 0.2) is 18.5 Å². The number of nitrogens with one attached hydrogen (secondary N) is 1. The van der Waals surface area contributed by atoms with Crippen LogP contribution >= 0.6 is 0 Å². The van der Waals surface area contributed by atoms with Crippen molar-refractivity contribution in [1.29, 1.82) is 0 Å². The summed E-state index contributed by atoms with van der Waals surface area (Å²) in [5.74, 6) is 0.880. The van der Waals surface area contributed by atoms with Crippen molar-refractivity contribution in [2.45, 2.75) is 32.4 Å². The summed E-state index contributed by atoms with van der Waals surface area (Å²) in [4.78, 5) is 4.10. The zero-order valence-corrected chi connectivity index (χ0v) is 8.66. The number of hydrogen-bond acceptors (Lipinski definition) is 3. The molecule has 0 amide bonds. The van der Waals surface area contributed by atoms with Crippen LogP contribution in [0.2, 0.25) is 0 Å². The fourth-order valence-corrected chi connectivity index (χ4v) is 1.77. The van der Waals surface area contributed by atoms with Gasteiger partial charge in [-0.15, -0.1) is 0 Å². The van der Waals surface area contributed by atoms with Crippen molar-refractivity contribution < 1.29 is 4.74 Å². The predicted octanol–water partition coefficient (Wildman–Crippen LogP) is 1.52. The Morgan fingerprint density at radius 3 is 3.00 bits per heavy atom. The molecule has 2 rings (SSSR count). The quantitative estimate of drug-likeness (QED) is 0.771. The average molecular weight is 192 g/mol. The highest BCUT2D eigenvalue weighted by Gasteiger charge is 2.21. The second kappa shape index (κ2) is 3.96. The van der Waals surface area contributed by atoms with Gasteiger partial charge in [0.2, 0.25) is 0 Å². The summed E-state index contributed by atoms with van der Waals surface area (Å²) in [5, 5.41) is 3.36. The van der Waals surface area contributed by atoms with Crippen molar-refractivity contribution >= 4 is 0 Å². The van der Waals surface area contributed by atoms with E-state index in [4.69, 9.17) is 4.74 Å². The van der Waals surface area contributed by atoms with Crippen LogP contribution in [0.3, 0.4) is 0 Å². The molecule has 1 aliphatic heterocycles. The van der Waals surface area contributed by atoms with E-state index in [1.807, 2.05) is 19.2 Å². The lowest BCUT2D eigenvalue weighted by Crippen LogP contribution is -2.20. The third-order valence-corrected chi connectivity index (χ3v) is 2.46. The Kier molecular flexibility index (Phi) is 2.68. The van der Waals surface area contributed by atoms with Gasteiger partial charge in [-0.05, 0) is 25.5 Å². The molecule has 2 atom stereocenters. The Hall–Kier alpha value is -1.09. The second-order valence-electron chi connectivity index (χ2n) is 3.98. The lowest BCUT2D eigenvalue weighted by Gasteiger charge is -2.12. The van der Waals surface area contributed by atoms with Gasteiger partial charge in [0.05, 0.1) is 6.20 Å². The molecule has 1 fully saturated rings. The van der Waals surface area contributed by atoms with Crippen molar-refractivity contribution in [2.75, 3.05) is 6.54 Å². The first-order chi connectivity index (χ1) is 6.74. The number of pyridine rings is 1. The summed E-state index contributed by atoms with van der Waals surface area (Å²) in [7, 11) is 0. The molecule has 2 heterocycles. The van der Waals surface area contributed by atoms with Gasteiger partial charge in [0.1, 0.15) is 11.9 Å². The highest BCUT2D eigenvalue weighted by molar-refractivity contribution is 5.22. The topological polar surface area (TPSA) is 34.1 Å². The minimum Gasteiger partial charge on any atom is -0.487 e. The second-order valence-corrected chi connectivity index (χ2v) is 3.98. The monoisotopic (exact) mass is 192 g/mol. The van der Waals surface area contributed by atoms with Crippen LogP contribution < -0.4 is 10.1 Å². The van der Waals surface area contributed by atoms with E-state index in [-0.39, 0.29) is 0 Å². The summed E-state index contributed by atoms with van der Waals surface area (Å²) in [6.07, 6.45) is 4.99. The molecular weight excluding hydrogens is 176 g/mol. The van der Waals surface area contributed by atoms with Crippen LogP contribution in [-0.2, 0) is 0 Å². The minimum atomic E-state index is 0.300. The Balaban J connectivity index is 1.97. The Bertz CT molecular complexity index is 314. The highest BCUT2D eigenvalue weighted by atomic mass is 16.5. The average Bonchev–Trinajstić information content (AvgIpc) is 2.51. The third-order valence-electron chi connectivity index (χ3n) is 2.46. The SMILES string of the molecule is Cc1cncc(O[C@H]2CN[C@@H](C)C2)c1. The molecule has 0 aliphatic carbocycles. The molecule has 1 N–H and O–H groups in total. The first-order valence-electron chi connectivity index (χ1n) is 5.06. The van der Waals surface area contributed by atoms with E-state index in [2.05, 4.69) is 17.2 Å². The molecule has 0 bridgehead atoms. The van der Waals surface area contributed by atoms with Gasteiger partial charge in [-0.1, -0.05) is 0 Å². The summed E-state index contributed by atoms with van der Waals surface area (Å²) < 4.78 is 5.80. The maximum atomic E-state index is 5.80. The zero-order valence-electron chi connectivity index (χ0n) is 8.66. The van der Waals surface area contributed by atoms with E-state index in [9.17, 15) is 0 Å². The minimum absolute atomic E-state index is 0.300. The summed E-state index contributed by atoms with van der Waals surface area (Å²) in [5.41, 5.74) is 1.14. The van der Waals surface area contributed by atoms with E-state index in [1.54, 1.807) is 6.20 Å². The molecular formula is C11H16N2O. The van der Waals surface area contributed by atoms with Crippen molar-refractivity contribution in [2.24, 2.45) is 0 Å². The van der Waals surface area contributed by atoms with Crippen LogP contribution in [0.4, 0.5) is 0 Å². The van der Waals surface area contributed by atoms with Gasteiger partial charge in [0, 0.05) is 25.2 Å². The Labute approximate surface area is 84.5 Å². The molecule has 3 nitrogen and oxygen atoms in total. The molecule has 14 heavy (non-hydrogen) atoms. The van der Waals surface area contributed by atoms with E-state index in [0.717, 1.165) is 24.3 Å². The first kappa shape index (κ1) is 9.46. The van der Waals surface area contributed by atoms with Crippen LogP contribution in [0.5, 0.6) is 5.75 Å². The Morgan fingerprint density at radius 1 is 1.50 bits per heavy atom. The molecule has 0 unspecified atom stereocenters. The lowest BCUT2D eigenvalue weighted by molar-refractivity contribution is 0.219. The number of rotatable bonds is 2. The molecule has 0 spiro atoms. The van der Waals surface area contributed by atoms with E-state index < -0.39 is 0 Å². The van der Waals surface area contributed by atoms with Gasteiger partial charge in [-0.3, -0.25) is 4.98 Å². The largest absolute Gasteiger partial charge is 0.487 e. The standard InChI is InChI=1S/C11H16N2O/c1-8-3-10(6-12-5-8)14-11-4-9(2)13-7-11/h3,5-6,9,11,13H,4,7H2,1-2H3/t9-,11+/m0/s1. The fourth-order valence-electron chi connectivity index (χ4n) is 1.77. The van der Waals surface area contributed by atoms with Gasteiger partial charge >= 0.3 is 0 Å². The molecule has 76 valence electrons. The number of aromatic nitrogens is 1. The molecule has 0 saturated carbocycles. The maximum absolute atomic E-state index is 5.80. The molecule has 0 aromatic carbocycles. The van der Waals surface area contributed by atoms with E-state index >= 15 is 0 Å². The fraction of sp³-hybridized carbons (Fsp3) is 0.545. The zero-order chi connectivity index (χ0) is 9.97. The molecule has 1 aromatic rings. The van der Waals surface area contributed by atoms with Crippen LogP contribution in [0, 0.1) is 6.92 Å².